The summed E-state index contributed by atoms with van der Waals surface area (Å²) in [5.74, 6) is 1.01. The molecule has 1 aromatic rings. The largest absolute Gasteiger partial charge is 0.366 e. The highest BCUT2D eigenvalue weighted by molar-refractivity contribution is 7.99. The minimum Gasteiger partial charge on any atom is -0.366 e. The first-order chi connectivity index (χ1) is 7.33. The van der Waals surface area contributed by atoms with Crippen molar-refractivity contribution in [3.8, 4) is 0 Å². The zero-order valence-electron chi connectivity index (χ0n) is 8.56. The van der Waals surface area contributed by atoms with Crippen LogP contribution in [-0.4, -0.2) is 34.7 Å². The first-order valence-electron chi connectivity index (χ1n) is 4.69. The smallest absolute Gasteiger partial charge is 0.166 e. The number of hydrogen-bond acceptors (Lipinski definition) is 4. The van der Waals surface area contributed by atoms with E-state index in [0.717, 1.165) is 23.7 Å². The summed E-state index contributed by atoms with van der Waals surface area (Å²) >= 11 is 6.65. The van der Waals surface area contributed by atoms with Gasteiger partial charge in [-0.2, -0.15) is 5.10 Å². The second kappa shape index (κ2) is 7.42. The predicted molar refractivity (Wildman–Crippen MR) is 67.0 cm³/mol. The van der Waals surface area contributed by atoms with E-state index in [2.05, 4.69) is 20.8 Å². The lowest BCUT2D eigenvalue weighted by molar-refractivity contribution is 0.832. The molecule has 0 aliphatic heterocycles. The molecular weight excluding hydrogens is 228 g/mol. The Bertz CT molecular complexity index is 291. The van der Waals surface area contributed by atoms with Crippen molar-refractivity contribution < 1.29 is 0 Å². The standard InChI is InChI=1S/C9H14N4S2/c1-10-9(14)11-5-3-7-15-8-4-2-6-12-13-8/h2,4,6H,3,5,7H2,1H3,(H2,10,11,14). The molecule has 0 aromatic carbocycles. The van der Waals surface area contributed by atoms with Crippen molar-refractivity contribution >= 4 is 29.1 Å². The van der Waals surface area contributed by atoms with Crippen LogP contribution in [0.3, 0.4) is 0 Å². The Hall–Kier alpha value is -0.880. The van der Waals surface area contributed by atoms with Gasteiger partial charge in [-0.15, -0.1) is 16.9 Å². The molecule has 0 atom stereocenters. The van der Waals surface area contributed by atoms with Gasteiger partial charge in [-0.05, 0) is 30.8 Å². The van der Waals surface area contributed by atoms with Gasteiger partial charge >= 0.3 is 0 Å². The topological polar surface area (TPSA) is 49.8 Å². The maximum atomic E-state index is 4.95. The highest BCUT2D eigenvalue weighted by atomic mass is 32.2. The monoisotopic (exact) mass is 242 g/mol. The SMILES string of the molecule is CNC(=S)NCCCSc1cccnn1. The molecule has 1 rings (SSSR count). The van der Waals surface area contributed by atoms with Gasteiger partial charge in [0.2, 0.25) is 0 Å². The zero-order chi connectivity index (χ0) is 10.9. The normalized spacial score (nSPS) is 9.67. The van der Waals surface area contributed by atoms with E-state index in [0.29, 0.717) is 5.11 Å². The van der Waals surface area contributed by atoms with Crippen LogP contribution in [-0.2, 0) is 0 Å². The van der Waals surface area contributed by atoms with Crippen molar-refractivity contribution in [2.45, 2.75) is 11.4 Å². The molecule has 4 nitrogen and oxygen atoms in total. The summed E-state index contributed by atoms with van der Waals surface area (Å²) in [6, 6.07) is 3.85. The zero-order valence-corrected chi connectivity index (χ0v) is 10.2. The minimum absolute atomic E-state index is 0.694. The Morgan fingerprint density at radius 2 is 2.47 bits per heavy atom. The fourth-order valence-electron chi connectivity index (χ4n) is 0.904. The van der Waals surface area contributed by atoms with Gasteiger partial charge in [-0.1, -0.05) is 0 Å². The van der Waals surface area contributed by atoms with Gasteiger partial charge < -0.3 is 10.6 Å². The van der Waals surface area contributed by atoms with Crippen LogP contribution in [0.25, 0.3) is 0 Å². The van der Waals surface area contributed by atoms with E-state index in [1.165, 1.54) is 0 Å². The molecule has 0 aliphatic carbocycles. The molecule has 0 amide bonds. The van der Waals surface area contributed by atoms with Crippen LogP contribution in [0.4, 0.5) is 0 Å². The van der Waals surface area contributed by atoms with Crippen molar-refractivity contribution in [1.29, 1.82) is 0 Å². The van der Waals surface area contributed by atoms with Gasteiger partial charge in [-0.25, -0.2) is 0 Å². The molecule has 0 saturated carbocycles. The van der Waals surface area contributed by atoms with Gasteiger partial charge in [0.05, 0.1) is 0 Å². The summed E-state index contributed by atoms with van der Waals surface area (Å²) in [5.41, 5.74) is 0. The molecule has 0 aliphatic rings. The van der Waals surface area contributed by atoms with Crippen LogP contribution in [0.5, 0.6) is 0 Å². The minimum atomic E-state index is 0.694. The number of rotatable bonds is 5. The number of nitrogens with one attached hydrogen (secondary N) is 2. The maximum Gasteiger partial charge on any atom is 0.166 e. The fourth-order valence-corrected chi connectivity index (χ4v) is 1.78. The molecule has 0 saturated heterocycles. The van der Waals surface area contributed by atoms with Gasteiger partial charge in [-0.3, -0.25) is 0 Å². The highest BCUT2D eigenvalue weighted by Crippen LogP contribution is 2.13. The number of aromatic nitrogens is 2. The van der Waals surface area contributed by atoms with Gasteiger partial charge in [0.25, 0.3) is 0 Å². The molecule has 0 bridgehead atoms. The lowest BCUT2D eigenvalue weighted by atomic mass is 10.5. The van der Waals surface area contributed by atoms with Crippen molar-refractivity contribution in [3.63, 3.8) is 0 Å². The van der Waals surface area contributed by atoms with Crippen LogP contribution in [0.15, 0.2) is 23.4 Å². The number of thioether (sulfide) groups is 1. The summed E-state index contributed by atoms with van der Waals surface area (Å²) in [4.78, 5) is 0. The summed E-state index contributed by atoms with van der Waals surface area (Å²) in [6.45, 7) is 0.882. The molecule has 15 heavy (non-hydrogen) atoms. The quantitative estimate of drug-likeness (QED) is 0.457. The van der Waals surface area contributed by atoms with Crippen molar-refractivity contribution in [2.75, 3.05) is 19.3 Å². The van der Waals surface area contributed by atoms with E-state index in [9.17, 15) is 0 Å². The van der Waals surface area contributed by atoms with E-state index >= 15 is 0 Å². The van der Waals surface area contributed by atoms with E-state index in [1.54, 1.807) is 18.0 Å². The first-order valence-corrected chi connectivity index (χ1v) is 6.08. The molecule has 0 unspecified atom stereocenters. The van der Waals surface area contributed by atoms with Crippen molar-refractivity contribution in [2.24, 2.45) is 0 Å². The molecule has 2 N–H and O–H groups in total. The molecule has 6 heteroatoms. The van der Waals surface area contributed by atoms with Crippen LogP contribution in [0.2, 0.25) is 0 Å². The summed E-state index contributed by atoms with van der Waals surface area (Å²) in [7, 11) is 1.81. The molecule has 0 radical (unpaired) electrons. The second-order valence-electron chi connectivity index (χ2n) is 2.77. The summed E-state index contributed by atoms with van der Waals surface area (Å²) in [6.07, 6.45) is 2.72. The summed E-state index contributed by atoms with van der Waals surface area (Å²) in [5, 5.41) is 15.4. The maximum absolute atomic E-state index is 4.95. The first kappa shape index (κ1) is 12.2. The van der Waals surface area contributed by atoms with E-state index in [4.69, 9.17) is 12.2 Å². The Morgan fingerprint density at radius 3 is 3.13 bits per heavy atom. The molecule has 0 fully saturated rings. The van der Waals surface area contributed by atoms with E-state index in [1.807, 2.05) is 19.2 Å². The van der Waals surface area contributed by atoms with Crippen LogP contribution in [0.1, 0.15) is 6.42 Å². The molecular formula is C9H14N4S2. The highest BCUT2D eigenvalue weighted by Gasteiger charge is 1.95. The number of hydrogen-bond donors (Lipinski definition) is 2. The molecule has 0 spiro atoms. The Morgan fingerprint density at radius 1 is 1.60 bits per heavy atom. The van der Waals surface area contributed by atoms with Gasteiger partial charge in [0.1, 0.15) is 5.03 Å². The lowest BCUT2D eigenvalue weighted by Crippen LogP contribution is -2.33. The van der Waals surface area contributed by atoms with Crippen molar-refractivity contribution in [3.05, 3.63) is 18.3 Å². The number of nitrogens with zero attached hydrogens (tertiary/aromatic N) is 2. The van der Waals surface area contributed by atoms with Crippen LogP contribution in [0, 0.1) is 0 Å². The third-order valence-electron chi connectivity index (χ3n) is 1.63. The van der Waals surface area contributed by atoms with E-state index < -0.39 is 0 Å². The Balaban J connectivity index is 2.05. The third kappa shape index (κ3) is 5.54. The fraction of sp³-hybridized carbons (Fsp3) is 0.444. The van der Waals surface area contributed by atoms with Crippen LogP contribution < -0.4 is 10.6 Å². The Labute approximate surface area is 99.2 Å². The van der Waals surface area contributed by atoms with Crippen molar-refractivity contribution in [1.82, 2.24) is 20.8 Å². The average Bonchev–Trinajstić information content (AvgIpc) is 2.29. The van der Waals surface area contributed by atoms with Gasteiger partial charge in [0.15, 0.2) is 5.11 Å². The molecule has 82 valence electrons. The van der Waals surface area contributed by atoms with E-state index in [-0.39, 0.29) is 0 Å². The summed E-state index contributed by atoms with van der Waals surface area (Å²) < 4.78 is 0. The second-order valence-corrected chi connectivity index (χ2v) is 4.29. The molecule has 1 aromatic heterocycles. The third-order valence-corrected chi connectivity index (χ3v) is 2.99. The number of thiocarbonyl (C=S) groups is 1. The molecule has 1 heterocycles. The average molecular weight is 242 g/mol. The predicted octanol–water partition coefficient (Wildman–Crippen LogP) is 1.05. The van der Waals surface area contributed by atoms with Crippen LogP contribution >= 0.6 is 24.0 Å². The van der Waals surface area contributed by atoms with Gasteiger partial charge in [0, 0.05) is 25.5 Å². The Kier molecular flexibility index (Phi) is 6.03. The lowest BCUT2D eigenvalue weighted by Gasteiger charge is -2.05.